The maximum absolute atomic E-state index is 4.47. The molecule has 11 heavy (non-hydrogen) atoms. The first kappa shape index (κ1) is 7.90. The van der Waals surface area contributed by atoms with Gasteiger partial charge in [0.2, 0.25) is 0 Å². The second kappa shape index (κ2) is 2.96. The number of hydrogen-bond acceptors (Lipinski definition) is 3. The van der Waals surface area contributed by atoms with Gasteiger partial charge < -0.3 is 5.32 Å². The number of nitrogens with zero attached hydrogens (tertiary/aromatic N) is 1. The van der Waals surface area contributed by atoms with Crippen LogP contribution in [0.15, 0.2) is 0 Å². The first-order valence-electron chi connectivity index (χ1n) is 4.43. The van der Waals surface area contributed by atoms with Gasteiger partial charge >= 0.3 is 0 Å². The van der Waals surface area contributed by atoms with Gasteiger partial charge in [-0.2, -0.15) is 12.6 Å². The van der Waals surface area contributed by atoms with Crippen molar-refractivity contribution in [3.63, 3.8) is 0 Å². The molecule has 3 heteroatoms. The van der Waals surface area contributed by atoms with Crippen LogP contribution in [0.1, 0.15) is 13.3 Å². The lowest BCUT2D eigenvalue weighted by atomic mass is 10.1. The summed E-state index contributed by atoms with van der Waals surface area (Å²) in [5.41, 5.74) is 0. The minimum atomic E-state index is 0.435. The Morgan fingerprint density at radius 1 is 1.55 bits per heavy atom. The molecule has 0 radical (unpaired) electrons. The quantitative estimate of drug-likeness (QED) is 0.562. The molecule has 0 spiro atoms. The fraction of sp³-hybridized carbons (Fsp3) is 1.00. The minimum Gasteiger partial charge on any atom is -0.315 e. The molecule has 1 N–H and O–H groups in total. The Hall–Kier alpha value is 0.270. The second-order valence-electron chi connectivity index (χ2n) is 3.64. The minimum absolute atomic E-state index is 0.435. The first-order valence-corrected chi connectivity index (χ1v) is 4.95. The molecule has 0 bridgehead atoms. The second-order valence-corrected chi connectivity index (χ2v) is 4.39. The van der Waals surface area contributed by atoms with Crippen molar-refractivity contribution in [2.24, 2.45) is 5.92 Å². The Labute approximate surface area is 73.7 Å². The zero-order valence-electron chi connectivity index (χ0n) is 6.95. The van der Waals surface area contributed by atoms with Gasteiger partial charge in [0, 0.05) is 12.6 Å². The van der Waals surface area contributed by atoms with Crippen LogP contribution >= 0.6 is 12.6 Å². The molecule has 0 aromatic carbocycles. The molecule has 2 rings (SSSR count). The van der Waals surface area contributed by atoms with E-state index in [2.05, 4.69) is 29.8 Å². The molecule has 2 nitrogen and oxygen atoms in total. The van der Waals surface area contributed by atoms with Crippen LogP contribution in [-0.2, 0) is 0 Å². The lowest BCUT2D eigenvalue weighted by molar-refractivity contribution is 0.247. The van der Waals surface area contributed by atoms with E-state index in [1.807, 2.05) is 0 Å². The van der Waals surface area contributed by atoms with Crippen LogP contribution in [0.2, 0.25) is 0 Å². The van der Waals surface area contributed by atoms with Crippen LogP contribution in [0.25, 0.3) is 0 Å². The molecule has 3 atom stereocenters. The van der Waals surface area contributed by atoms with E-state index in [4.69, 9.17) is 0 Å². The van der Waals surface area contributed by atoms with Gasteiger partial charge in [-0.05, 0) is 32.4 Å². The zero-order valence-corrected chi connectivity index (χ0v) is 7.85. The molecule has 0 aromatic heterocycles. The Morgan fingerprint density at radius 3 is 3.09 bits per heavy atom. The highest BCUT2D eigenvalue weighted by Crippen LogP contribution is 2.29. The number of likely N-dealkylation sites (tertiary alicyclic amines) is 1. The van der Waals surface area contributed by atoms with Crippen molar-refractivity contribution in [2.45, 2.75) is 24.8 Å². The van der Waals surface area contributed by atoms with E-state index in [1.54, 1.807) is 0 Å². The van der Waals surface area contributed by atoms with E-state index in [1.165, 1.54) is 26.1 Å². The van der Waals surface area contributed by atoms with E-state index in [-0.39, 0.29) is 0 Å². The van der Waals surface area contributed by atoms with Crippen LogP contribution in [0, 0.1) is 5.92 Å². The summed E-state index contributed by atoms with van der Waals surface area (Å²) in [7, 11) is 0. The van der Waals surface area contributed by atoms with Gasteiger partial charge in [0.05, 0.1) is 5.37 Å². The van der Waals surface area contributed by atoms with Gasteiger partial charge in [0.15, 0.2) is 0 Å². The standard InChI is InChI=1S/C8H16N2S/c1-6(11)10-3-2-7-4-9-5-8(7)10/h6-9,11H,2-5H2,1H3. The van der Waals surface area contributed by atoms with E-state index in [0.717, 1.165) is 12.0 Å². The number of hydrogen-bond donors (Lipinski definition) is 2. The Bertz CT molecular complexity index is 149. The van der Waals surface area contributed by atoms with Gasteiger partial charge in [-0.25, -0.2) is 0 Å². The van der Waals surface area contributed by atoms with E-state index in [9.17, 15) is 0 Å². The maximum atomic E-state index is 4.47. The van der Waals surface area contributed by atoms with Crippen molar-refractivity contribution >= 4 is 12.6 Å². The van der Waals surface area contributed by atoms with Crippen LogP contribution < -0.4 is 5.32 Å². The van der Waals surface area contributed by atoms with Crippen molar-refractivity contribution in [3.8, 4) is 0 Å². The summed E-state index contributed by atoms with van der Waals surface area (Å²) in [6, 6.07) is 0.780. The van der Waals surface area contributed by atoms with Crippen LogP contribution in [0.3, 0.4) is 0 Å². The van der Waals surface area contributed by atoms with Crippen molar-refractivity contribution in [2.75, 3.05) is 19.6 Å². The van der Waals surface area contributed by atoms with Crippen LogP contribution in [-0.4, -0.2) is 35.9 Å². The summed E-state index contributed by atoms with van der Waals surface area (Å²) < 4.78 is 0. The topological polar surface area (TPSA) is 15.3 Å². The molecule has 2 heterocycles. The molecular formula is C8H16N2S. The summed E-state index contributed by atoms with van der Waals surface area (Å²) in [6.45, 7) is 5.82. The maximum Gasteiger partial charge on any atom is 0.0502 e. The number of thiol groups is 1. The summed E-state index contributed by atoms with van der Waals surface area (Å²) in [6.07, 6.45) is 1.36. The predicted molar refractivity (Wildman–Crippen MR) is 49.9 cm³/mol. The Kier molecular flexibility index (Phi) is 2.12. The third-order valence-corrected chi connectivity index (χ3v) is 3.26. The van der Waals surface area contributed by atoms with E-state index < -0.39 is 0 Å². The molecule has 0 aliphatic carbocycles. The normalized spacial score (nSPS) is 40.9. The highest BCUT2D eigenvalue weighted by molar-refractivity contribution is 7.80. The molecule has 0 aromatic rings. The Morgan fingerprint density at radius 2 is 2.36 bits per heavy atom. The predicted octanol–water partition coefficient (Wildman–Crippen LogP) is 0.556. The molecule has 2 aliphatic rings. The van der Waals surface area contributed by atoms with Crippen molar-refractivity contribution in [1.29, 1.82) is 0 Å². The Balaban J connectivity index is 2.03. The van der Waals surface area contributed by atoms with Gasteiger partial charge in [-0.3, -0.25) is 4.90 Å². The van der Waals surface area contributed by atoms with Crippen LogP contribution in [0.4, 0.5) is 0 Å². The van der Waals surface area contributed by atoms with Gasteiger partial charge in [0.25, 0.3) is 0 Å². The SMILES string of the molecule is CC(S)N1CCC2CNCC21. The lowest BCUT2D eigenvalue weighted by Crippen LogP contribution is -2.37. The zero-order chi connectivity index (χ0) is 7.84. The summed E-state index contributed by atoms with van der Waals surface area (Å²) in [5, 5.41) is 3.87. The average molecular weight is 172 g/mol. The van der Waals surface area contributed by atoms with E-state index in [0.29, 0.717) is 5.37 Å². The summed E-state index contributed by atoms with van der Waals surface area (Å²) in [5.74, 6) is 0.907. The fourth-order valence-corrected chi connectivity index (χ4v) is 2.63. The lowest BCUT2D eigenvalue weighted by Gasteiger charge is -2.26. The van der Waals surface area contributed by atoms with Crippen molar-refractivity contribution in [3.05, 3.63) is 0 Å². The largest absolute Gasteiger partial charge is 0.315 e. The smallest absolute Gasteiger partial charge is 0.0502 e. The third-order valence-electron chi connectivity index (χ3n) is 2.97. The number of nitrogens with one attached hydrogen (secondary N) is 1. The van der Waals surface area contributed by atoms with Gasteiger partial charge in [-0.15, -0.1) is 0 Å². The molecule has 64 valence electrons. The molecule has 0 amide bonds. The van der Waals surface area contributed by atoms with Gasteiger partial charge in [0.1, 0.15) is 0 Å². The summed E-state index contributed by atoms with van der Waals surface area (Å²) in [4.78, 5) is 2.51. The van der Waals surface area contributed by atoms with Crippen molar-refractivity contribution in [1.82, 2.24) is 10.2 Å². The average Bonchev–Trinajstić information content (AvgIpc) is 2.41. The number of rotatable bonds is 1. The summed E-state index contributed by atoms with van der Waals surface area (Å²) >= 11 is 4.47. The molecular weight excluding hydrogens is 156 g/mol. The first-order chi connectivity index (χ1) is 5.29. The fourth-order valence-electron chi connectivity index (χ4n) is 2.35. The van der Waals surface area contributed by atoms with Crippen LogP contribution in [0.5, 0.6) is 0 Å². The highest BCUT2D eigenvalue weighted by atomic mass is 32.1. The number of fused-ring (bicyclic) bond motifs is 1. The molecule has 2 aliphatic heterocycles. The molecule has 2 saturated heterocycles. The van der Waals surface area contributed by atoms with E-state index >= 15 is 0 Å². The molecule has 2 fully saturated rings. The highest BCUT2D eigenvalue weighted by Gasteiger charge is 2.38. The van der Waals surface area contributed by atoms with Crippen molar-refractivity contribution < 1.29 is 0 Å². The molecule has 0 saturated carbocycles. The third kappa shape index (κ3) is 1.30. The molecule has 3 unspecified atom stereocenters. The monoisotopic (exact) mass is 172 g/mol. The van der Waals surface area contributed by atoms with Gasteiger partial charge in [-0.1, -0.05) is 0 Å².